The molecule has 0 radical (unpaired) electrons. The van der Waals surface area contributed by atoms with Crippen LogP contribution in [-0.2, 0) is 23.1 Å². The van der Waals surface area contributed by atoms with E-state index >= 15 is 0 Å². The third kappa shape index (κ3) is 5.77. The highest BCUT2D eigenvalue weighted by atomic mass is 32.2. The van der Waals surface area contributed by atoms with Crippen molar-refractivity contribution in [3.05, 3.63) is 64.7 Å². The van der Waals surface area contributed by atoms with Crippen LogP contribution in [0.5, 0.6) is 0 Å². The van der Waals surface area contributed by atoms with E-state index in [1.54, 1.807) is 23.4 Å². The first kappa shape index (κ1) is 24.4. The zero-order valence-corrected chi connectivity index (χ0v) is 20.2. The van der Waals surface area contributed by atoms with E-state index in [2.05, 4.69) is 30.1 Å². The second-order valence-corrected chi connectivity index (χ2v) is 10.3. The standard InChI is InChI=1S/C25H35N3O3S/c1-4-27(5-2)19-23-12-8-7-11-22(23)18-26-25(29)21-14-13-20(3)24(17-21)32(30,31)28-15-9-6-10-16-28/h7-8,11-14,17H,4-6,9-10,15-16,18-19H2,1-3H3,(H,26,29). The monoisotopic (exact) mass is 457 g/mol. The van der Waals surface area contributed by atoms with Gasteiger partial charge in [-0.15, -0.1) is 0 Å². The number of carbonyl (C=O) groups is 1. The van der Waals surface area contributed by atoms with Crippen molar-refractivity contribution in [1.82, 2.24) is 14.5 Å². The van der Waals surface area contributed by atoms with Crippen LogP contribution in [0.2, 0.25) is 0 Å². The molecule has 1 N–H and O–H groups in total. The predicted molar refractivity (Wildman–Crippen MR) is 128 cm³/mol. The van der Waals surface area contributed by atoms with Crippen molar-refractivity contribution < 1.29 is 13.2 Å². The van der Waals surface area contributed by atoms with Gasteiger partial charge in [-0.1, -0.05) is 50.6 Å². The lowest BCUT2D eigenvalue weighted by Crippen LogP contribution is -2.36. The summed E-state index contributed by atoms with van der Waals surface area (Å²) < 4.78 is 27.9. The lowest BCUT2D eigenvalue weighted by Gasteiger charge is -2.26. The van der Waals surface area contributed by atoms with Gasteiger partial charge in [0.15, 0.2) is 0 Å². The van der Waals surface area contributed by atoms with E-state index in [1.807, 2.05) is 18.2 Å². The fourth-order valence-corrected chi connectivity index (χ4v) is 5.88. The Hall–Kier alpha value is -2.22. The highest BCUT2D eigenvalue weighted by Gasteiger charge is 2.28. The van der Waals surface area contributed by atoms with E-state index in [-0.39, 0.29) is 10.8 Å². The van der Waals surface area contributed by atoms with E-state index in [0.29, 0.717) is 30.8 Å². The molecule has 1 heterocycles. The molecule has 6 nitrogen and oxygen atoms in total. The summed E-state index contributed by atoms with van der Waals surface area (Å²) in [6.45, 7) is 10.3. The minimum absolute atomic E-state index is 0.231. The molecule has 0 spiro atoms. The number of amides is 1. The summed E-state index contributed by atoms with van der Waals surface area (Å²) in [5.74, 6) is -0.266. The Bertz CT molecular complexity index is 1030. The zero-order chi connectivity index (χ0) is 23.1. The van der Waals surface area contributed by atoms with Crippen LogP contribution in [0.3, 0.4) is 0 Å². The number of aryl methyl sites for hydroxylation is 1. The fraction of sp³-hybridized carbons (Fsp3) is 0.480. The summed E-state index contributed by atoms with van der Waals surface area (Å²) in [6, 6.07) is 13.1. The molecule has 0 unspecified atom stereocenters. The summed E-state index contributed by atoms with van der Waals surface area (Å²) in [7, 11) is -3.59. The maximum absolute atomic E-state index is 13.2. The Balaban J connectivity index is 1.75. The molecule has 3 rings (SSSR count). The summed E-state index contributed by atoms with van der Waals surface area (Å²) in [4.78, 5) is 15.5. The first-order chi connectivity index (χ1) is 15.4. The Morgan fingerprint density at radius 3 is 2.31 bits per heavy atom. The SMILES string of the molecule is CCN(CC)Cc1ccccc1CNC(=O)c1ccc(C)c(S(=O)(=O)N2CCCCC2)c1. The van der Waals surface area contributed by atoms with Crippen LogP contribution in [-0.4, -0.2) is 49.7 Å². The summed E-state index contributed by atoms with van der Waals surface area (Å²) >= 11 is 0. The molecule has 0 atom stereocenters. The quantitative estimate of drug-likeness (QED) is 0.619. The number of nitrogens with zero attached hydrogens (tertiary/aromatic N) is 2. The van der Waals surface area contributed by atoms with Gasteiger partial charge in [-0.25, -0.2) is 8.42 Å². The molecule has 1 aliphatic heterocycles. The van der Waals surface area contributed by atoms with Gasteiger partial charge >= 0.3 is 0 Å². The molecule has 0 aliphatic carbocycles. The van der Waals surface area contributed by atoms with Crippen molar-refractivity contribution in [2.24, 2.45) is 0 Å². The molecule has 1 fully saturated rings. The van der Waals surface area contributed by atoms with Crippen molar-refractivity contribution >= 4 is 15.9 Å². The maximum Gasteiger partial charge on any atom is 0.251 e. The van der Waals surface area contributed by atoms with E-state index in [1.165, 1.54) is 11.6 Å². The number of rotatable bonds is 9. The molecular formula is C25H35N3O3S. The van der Waals surface area contributed by atoms with E-state index in [0.717, 1.165) is 44.5 Å². The van der Waals surface area contributed by atoms with Gasteiger partial charge in [0.05, 0.1) is 4.90 Å². The van der Waals surface area contributed by atoms with E-state index < -0.39 is 10.0 Å². The normalized spacial score (nSPS) is 15.1. The van der Waals surface area contributed by atoms with E-state index in [9.17, 15) is 13.2 Å². The lowest BCUT2D eigenvalue weighted by atomic mass is 10.1. The zero-order valence-electron chi connectivity index (χ0n) is 19.4. The molecule has 174 valence electrons. The van der Waals surface area contributed by atoms with Crippen molar-refractivity contribution in [2.75, 3.05) is 26.2 Å². The van der Waals surface area contributed by atoms with Crippen LogP contribution >= 0.6 is 0 Å². The molecular weight excluding hydrogens is 422 g/mol. The third-order valence-corrected chi connectivity index (χ3v) is 8.27. The van der Waals surface area contributed by atoms with Crippen LogP contribution in [0.1, 0.15) is 60.2 Å². The van der Waals surface area contributed by atoms with Gasteiger partial charge in [0.25, 0.3) is 5.91 Å². The number of benzene rings is 2. The number of hydrogen-bond acceptors (Lipinski definition) is 4. The van der Waals surface area contributed by atoms with Crippen molar-refractivity contribution in [2.45, 2.75) is 58.0 Å². The third-order valence-electron chi connectivity index (χ3n) is 6.23. The highest BCUT2D eigenvalue weighted by molar-refractivity contribution is 7.89. The Labute approximate surface area is 192 Å². The Morgan fingerprint density at radius 2 is 1.66 bits per heavy atom. The average molecular weight is 458 g/mol. The predicted octanol–water partition coefficient (Wildman–Crippen LogP) is 3.94. The molecule has 1 saturated heterocycles. The largest absolute Gasteiger partial charge is 0.348 e. The number of piperidine rings is 1. The van der Waals surface area contributed by atoms with E-state index in [4.69, 9.17) is 0 Å². The summed E-state index contributed by atoms with van der Waals surface area (Å²) in [5, 5.41) is 2.98. The van der Waals surface area contributed by atoms with Gasteiger partial charge in [0.1, 0.15) is 0 Å². The smallest absolute Gasteiger partial charge is 0.251 e. The van der Waals surface area contributed by atoms with Gasteiger partial charge in [-0.05, 0) is 61.7 Å². The van der Waals surface area contributed by atoms with Gasteiger partial charge in [-0.2, -0.15) is 4.31 Å². The molecule has 0 bridgehead atoms. The molecule has 7 heteroatoms. The average Bonchev–Trinajstić information content (AvgIpc) is 2.82. The minimum atomic E-state index is -3.59. The number of sulfonamides is 1. The van der Waals surface area contributed by atoms with Gasteiger partial charge in [0, 0.05) is 31.7 Å². The molecule has 0 saturated carbocycles. The van der Waals surface area contributed by atoms with Gasteiger partial charge in [0.2, 0.25) is 10.0 Å². The summed E-state index contributed by atoms with van der Waals surface area (Å²) in [5.41, 5.74) is 3.29. The second kappa shape index (κ2) is 11.1. The van der Waals surface area contributed by atoms with Crippen molar-refractivity contribution in [1.29, 1.82) is 0 Å². The molecule has 1 aliphatic rings. The van der Waals surface area contributed by atoms with Crippen LogP contribution in [0, 0.1) is 6.92 Å². The van der Waals surface area contributed by atoms with Crippen LogP contribution in [0.25, 0.3) is 0 Å². The number of carbonyl (C=O) groups excluding carboxylic acids is 1. The number of nitrogens with one attached hydrogen (secondary N) is 1. The second-order valence-electron chi connectivity index (χ2n) is 8.36. The van der Waals surface area contributed by atoms with Crippen LogP contribution in [0.15, 0.2) is 47.4 Å². The Kier molecular flexibility index (Phi) is 8.45. The van der Waals surface area contributed by atoms with Crippen LogP contribution in [0.4, 0.5) is 0 Å². The Morgan fingerprint density at radius 1 is 1.00 bits per heavy atom. The topological polar surface area (TPSA) is 69.7 Å². The molecule has 1 amide bonds. The molecule has 0 aromatic heterocycles. The fourth-order valence-electron chi connectivity index (χ4n) is 4.11. The maximum atomic E-state index is 13.2. The van der Waals surface area contributed by atoms with Gasteiger partial charge < -0.3 is 5.32 Å². The molecule has 32 heavy (non-hydrogen) atoms. The lowest BCUT2D eigenvalue weighted by molar-refractivity contribution is 0.0950. The van der Waals surface area contributed by atoms with Crippen molar-refractivity contribution in [3.63, 3.8) is 0 Å². The number of hydrogen-bond donors (Lipinski definition) is 1. The first-order valence-corrected chi connectivity index (χ1v) is 13.0. The molecule has 2 aromatic carbocycles. The highest BCUT2D eigenvalue weighted by Crippen LogP contribution is 2.24. The minimum Gasteiger partial charge on any atom is -0.348 e. The van der Waals surface area contributed by atoms with Crippen LogP contribution < -0.4 is 5.32 Å². The van der Waals surface area contributed by atoms with Crippen molar-refractivity contribution in [3.8, 4) is 0 Å². The molecule has 2 aromatic rings. The summed E-state index contributed by atoms with van der Waals surface area (Å²) in [6.07, 6.45) is 2.82. The first-order valence-electron chi connectivity index (χ1n) is 11.5. The van der Waals surface area contributed by atoms with Gasteiger partial charge in [-0.3, -0.25) is 9.69 Å².